The van der Waals surface area contributed by atoms with Crippen molar-refractivity contribution in [3.63, 3.8) is 0 Å². The van der Waals surface area contributed by atoms with Gasteiger partial charge < -0.3 is 10.4 Å². The summed E-state index contributed by atoms with van der Waals surface area (Å²) < 4.78 is 115. The molecule has 12 nitrogen and oxygen atoms in total. The van der Waals surface area contributed by atoms with Crippen LogP contribution in [-0.4, -0.2) is 49.6 Å². The SMILES string of the molecule is C[C@@H]1Cc2c(C(F)F)nn(CC(=O)N[C@@H](Cc3cc(F)cc(F)c3)c3nc(C#CC(C)(C)O)ccc3-c3cccc4c(NS(N)(=O)=O)nn(C)c34)c2C1(F)F. The highest BCUT2D eigenvalue weighted by atomic mass is 32.2. The molecule has 2 aromatic carbocycles. The number of alkyl halides is 4. The summed E-state index contributed by atoms with van der Waals surface area (Å²) in [5.41, 5.74) is -2.27. The minimum atomic E-state index is -4.26. The van der Waals surface area contributed by atoms with Crippen molar-refractivity contribution in [2.45, 2.75) is 64.1 Å². The van der Waals surface area contributed by atoms with Crippen molar-refractivity contribution >= 4 is 32.8 Å². The molecule has 19 heteroatoms. The number of aliphatic hydroxyl groups is 1. The maximum absolute atomic E-state index is 15.3. The number of hydrogen-bond acceptors (Lipinski definition) is 7. The van der Waals surface area contributed by atoms with Gasteiger partial charge in [0, 0.05) is 41.1 Å². The largest absolute Gasteiger partial charge is 0.378 e. The number of carbonyl (C=O) groups excluding carboxylic acids is 1. The number of halogens is 6. The summed E-state index contributed by atoms with van der Waals surface area (Å²) in [5.74, 6) is -2.49. The number of benzene rings is 2. The second kappa shape index (κ2) is 14.3. The van der Waals surface area contributed by atoms with E-state index >= 15 is 8.78 Å². The maximum atomic E-state index is 15.3. The van der Waals surface area contributed by atoms with Crippen LogP contribution in [0.15, 0.2) is 48.5 Å². The number of rotatable bonds is 10. The lowest BCUT2D eigenvalue weighted by Gasteiger charge is -2.23. The smallest absolute Gasteiger partial charge is 0.297 e. The number of aryl methyl sites for hydroxylation is 1. The van der Waals surface area contributed by atoms with Crippen LogP contribution in [0.2, 0.25) is 0 Å². The Balaban J connectivity index is 1.52. The molecule has 1 aliphatic rings. The van der Waals surface area contributed by atoms with Crippen molar-refractivity contribution in [3.05, 3.63) is 94.1 Å². The Hall–Kier alpha value is -5.45. The quantitative estimate of drug-likeness (QED) is 0.112. The predicted molar refractivity (Wildman–Crippen MR) is 189 cm³/mol. The van der Waals surface area contributed by atoms with Crippen LogP contribution < -0.4 is 15.2 Å². The molecule has 6 rings (SSSR count). The van der Waals surface area contributed by atoms with Gasteiger partial charge in [-0.15, -0.1) is 0 Å². The van der Waals surface area contributed by atoms with E-state index in [0.29, 0.717) is 27.2 Å². The number of carbonyl (C=O) groups is 1. The third kappa shape index (κ3) is 8.30. The second-order valence-corrected chi connectivity index (χ2v) is 15.1. The third-order valence-electron chi connectivity index (χ3n) is 8.87. The summed E-state index contributed by atoms with van der Waals surface area (Å²) in [6.07, 6.45) is -3.91. The van der Waals surface area contributed by atoms with Gasteiger partial charge in [-0.25, -0.2) is 27.7 Å². The Morgan fingerprint density at radius 2 is 1.78 bits per heavy atom. The fraction of sp³-hybridized carbons (Fsp3) is 0.333. The Labute approximate surface area is 310 Å². The average molecular weight is 789 g/mol. The molecule has 3 heterocycles. The molecule has 290 valence electrons. The van der Waals surface area contributed by atoms with Gasteiger partial charge in [-0.3, -0.25) is 18.9 Å². The maximum Gasteiger partial charge on any atom is 0.297 e. The average Bonchev–Trinajstić information content (AvgIpc) is 3.66. The highest BCUT2D eigenvalue weighted by Crippen LogP contribution is 2.48. The van der Waals surface area contributed by atoms with E-state index in [0.717, 1.165) is 12.1 Å². The minimum absolute atomic E-state index is 0.0353. The third-order valence-corrected chi connectivity index (χ3v) is 9.35. The van der Waals surface area contributed by atoms with Gasteiger partial charge in [-0.2, -0.15) is 27.4 Å². The van der Waals surface area contributed by atoms with Crippen LogP contribution in [0.1, 0.15) is 67.1 Å². The standard InChI is InChI=1S/C36H34F6N8O4S/c1-18-12-26-30(33(39)40)46-50(32(26)36(18,41)42)17-28(51)45-27(15-19-13-20(37)16-21(38)14-19)29-23(9-8-22(44-29)10-11-35(2,3)52)24-6-5-7-25-31(24)49(4)47-34(25)48-55(43,53)54/h5-9,13-14,16,18,27,33,52H,12,15,17H2,1-4H3,(H,45,51)(H,47,48)(H2,43,53,54)/t18-,27+/m1/s1. The van der Waals surface area contributed by atoms with Crippen molar-refractivity contribution < 1.29 is 44.7 Å². The normalized spacial score (nSPS) is 15.8. The van der Waals surface area contributed by atoms with E-state index in [1.54, 1.807) is 24.3 Å². The van der Waals surface area contributed by atoms with E-state index in [-0.39, 0.29) is 46.7 Å². The summed E-state index contributed by atoms with van der Waals surface area (Å²) in [4.78, 5) is 18.5. The van der Waals surface area contributed by atoms with Gasteiger partial charge in [0.2, 0.25) is 5.91 Å². The fourth-order valence-corrected chi connectivity index (χ4v) is 7.05. The Kier molecular flexibility index (Phi) is 10.2. The van der Waals surface area contributed by atoms with E-state index in [1.165, 1.54) is 38.6 Å². The molecule has 0 aliphatic heterocycles. The van der Waals surface area contributed by atoms with E-state index in [2.05, 4.69) is 37.1 Å². The summed E-state index contributed by atoms with van der Waals surface area (Å²) in [5, 5.41) is 26.4. The molecule has 0 bridgehead atoms. The molecule has 1 amide bonds. The zero-order valence-electron chi connectivity index (χ0n) is 29.6. The van der Waals surface area contributed by atoms with E-state index in [9.17, 15) is 35.9 Å². The van der Waals surface area contributed by atoms with E-state index in [4.69, 9.17) is 5.14 Å². The van der Waals surface area contributed by atoms with Gasteiger partial charge in [0.25, 0.3) is 22.6 Å². The molecular weight excluding hydrogens is 755 g/mol. The van der Waals surface area contributed by atoms with Crippen molar-refractivity contribution in [1.29, 1.82) is 0 Å². The fourth-order valence-electron chi connectivity index (χ4n) is 6.63. The number of nitrogens with two attached hydrogens (primary N) is 1. The molecule has 2 atom stereocenters. The Morgan fingerprint density at radius 1 is 1.09 bits per heavy atom. The van der Waals surface area contributed by atoms with Gasteiger partial charge in [0.05, 0.1) is 17.3 Å². The van der Waals surface area contributed by atoms with Gasteiger partial charge in [-0.1, -0.05) is 25.0 Å². The van der Waals surface area contributed by atoms with Crippen molar-refractivity contribution in [3.8, 4) is 23.0 Å². The van der Waals surface area contributed by atoms with Gasteiger partial charge in [-0.05, 0) is 68.5 Å². The lowest BCUT2D eigenvalue weighted by molar-refractivity contribution is -0.123. The number of anilines is 1. The molecule has 5 N–H and O–H groups in total. The van der Waals surface area contributed by atoms with Crippen LogP contribution in [0.4, 0.5) is 32.2 Å². The first kappa shape index (κ1) is 39.2. The predicted octanol–water partition coefficient (Wildman–Crippen LogP) is 5.17. The van der Waals surface area contributed by atoms with Crippen LogP contribution in [0.5, 0.6) is 0 Å². The van der Waals surface area contributed by atoms with Gasteiger partial charge >= 0.3 is 0 Å². The number of amides is 1. The number of nitrogens with one attached hydrogen (secondary N) is 2. The number of nitrogens with zero attached hydrogens (tertiary/aromatic N) is 5. The second-order valence-electron chi connectivity index (χ2n) is 13.8. The number of aromatic nitrogens is 5. The van der Waals surface area contributed by atoms with Crippen molar-refractivity contribution in [2.24, 2.45) is 18.1 Å². The van der Waals surface area contributed by atoms with Crippen LogP contribution >= 0.6 is 0 Å². The van der Waals surface area contributed by atoms with Crippen LogP contribution in [0, 0.1) is 29.4 Å². The highest BCUT2D eigenvalue weighted by Gasteiger charge is 2.51. The molecule has 0 unspecified atom stereocenters. The topological polar surface area (TPSA) is 170 Å². The molecule has 5 aromatic rings. The summed E-state index contributed by atoms with van der Waals surface area (Å²) >= 11 is 0. The summed E-state index contributed by atoms with van der Waals surface area (Å²) in [6, 6.07) is 9.21. The lowest BCUT2D eigenvalue weighted by atomic mass is 9.93. The molecule has 3 aromatic heterocycles. The van der Waals surface area contributed by atoms with E-state index < -0.39 is 75.6 Å². The Morgan fingerprint density at radius 3 is 2.42 bits per heavy atom. The molecule has 0 saturated heterocycles. The Bertz CT molecular complexity index is 2480. The molecule has 0 radical (unpaired) electrons. The summed E-state index contributed by atoms with van der Waals surface area (Å²) in [7, 11) is -2.73. The number of para-hydroxylation sites is 1. The lowest BCUT2D eigenvalue weighted by Crippen LogP contribution is -2.35. The molecule has 0 saturated carbocycles. The highest BCUT2D eigenvalue weighted by molar-refractivity contribution is 7.90. The first-order valence-corrected chi connectivity index (χ1v) is 18.2. The van der Waals surface area contributed by atoms with Gasteiger partial charge in [0.15, 0.2) is 5.82 Å². The molecular formula is C36H34F6N8O4S. The number of fused-ring (bicyclic) bond motifs is 2. The number of pyridine rings is 1. The minimum Gasteiger partial charge on any atom is -0.378 e. The first-order valence-electron chi connectivity index (χ1n) is 16.6. The first-order chi connectivity index (χ1) is 25.6. The van der Waals surface area contributed by atoms with Crippen LogP contribution in [0.25, 0.3) is 22.0 Å². The van der Waals surface area contributed by atoms with Crippen LogP contribution in [0.3, 0.4) is 0 Å². The van der Waals surface area contributed by atoms with Crippen molar-refractivity contribution in [2.75, 3.05) is 4.72 Å². The molecule has 0 spiro atoms. The zero-order valence-corrected chi connectivity index (χ0v) is 30.5. The van der Waals surface area contributed by atoms with E-state index in [1.807, 2.05) is 0 Å². The zero-order chi connectivity index (χ0) is 40.2. The number of hydrogen-bond donors (Lipinski definition) is 4. The van der Waals surface area contributed by atoms with Gasteiger partial charge in [0.1, 0.15) is 40.9 Å². The van der Waals surface area contributed by atoms with Crippen LogP contribution in [-0.2, 0) is 47.4 Å². The summed E-state index contributed by atoms with van der Waals surface area (Å²) in [6.45, 7) is 3.13. The van der Waals surface area contributed by atoms with Crippen molar-refractivity contribution in [1.82, 2.24) is 29.9 Å². The monoisotopic (exact) mass is 788 g/mol. The molecule has 55 heavy (non-hydrogen) atoms. The molecule has 1 aliphatic carbocycles. The molecule has 0 fully saturated rings.